The molecule has 0 aliphatic carbocycles. The average Bonchev–Trinajstić information content (AvgIpc) is 2.41. The SMILES string of the molecule is CSCC(=O)N1CCC(Oc2ccncc2)CC1. The topological polar surface area (TPSA) is 42.4 Å². The van der Waals surface area contributed by atoms with Crippen LogP contribution in [-0.2, 0) is 4.79 Å². The number of carbonyl (C=O) groups excluding carboxylic acids is 1. The van der Waals surface area contributed by atoms with Crippen molar-refractivity contribution in [3.63, 3.8) is 0 Å². The summed E-state index contributed by atoms with van der Waals surface area (Å²) in [4.78, 5) is 17.6. The Kier molecular flexibility index (Phi) is 4.87. The van der Waals surface area contributed by atoms with Crippen LogP contribution in [0.2, 0.25) is 0 Å². The third-order valence-electron chi connectivity index (χ3n) is 3.01. The van der Waals surface area contributed by atoms with Crippen molar-refractivity contribution in [1.29, 1.82) is 0 Å². The number of hydrogen-bond donors (Lipinski definition) is 0. The Morgan fingerprint density at radius 2 is 2.11 bits per heavy atom. The number of thioether (sulfide) groups is 1. The lowest BCUT2D eigenvalue weighted by molar-refractivity contribution is -0.130. The van der Waals surface area contributed by atoms with Gasteiger partial charge in [0.2, 0.25) is 5.91 Å². The Hall–Kier alpha value is -1.23. The molecule has 5 heteroatoms. The molecule has 1 amide bonds. The summed E-state index contributed by atoms with van der Waals surface area (Å²) in [5.74, 6) is 1.68. The number of rotatable bonds is 4. The van der Waals surface area contributed by atoms with E-state index < -0.39 is 0 Å². The van der Waals surface area contributed by atoms with E-state index >= 15 is 0 Å². The largest absolute Gasteiger partial charge is 0.490 e. The van der Waals surface area contributed by atoms with E-state index in [0.29, 0.717) is 5.75 Å². The number of piperidine rings is 1. The van der Waals surface area contributed by atoms with Crippen LogP contribution in [0, 0.1) is 0 Å². The zero-order valence-electron chi connectivity index (χ0n) is 10.5. The zero-order chi connectivity index (χ0) is 12.8. The standard InChI is InChI=1S/C13H18N2O2S/c1-18-10-13(16)15-8-4-12(5-9-15)17-11-2-6-14-7-3-11/h2-3,6-7,12H,4-5,8-10H2,1H3. The molecular weight excluding hydrogens is 248 g/mol. The number of hydrogen-bond acceptors (Lipinski definition) is 4. The van der Waals surface area contributed by atoms with Gasteiger partial charge in [-0.15, -0.1) is 0 Å². The summed E-state index contributed by atoms with van der Waals surface area (Å²) in [5.41, 5.74) is 0. The van der Waals surface area contributed by atoms with Crippen LogP contribution in [-0.4, -0.2) is 47.0 Å². The molecule has 18 heavy (non-hydrogen) atoms. The zero-order valence-corrected chi connectivity index (χ0v) is 11.4. The van der Waals surface area contributed by atoms with Crippen molar-refractivity contribution >= 4 is 17.7 Å². The van der Waals surface area contributed by atoms with Gasteiger partial charge >= 0.3 is 0 Å². The molecule has 0 spiro atoms. The van der Waals surface area contributed by atoms with Crippen LogP contribution in [0.25, 0.3) is 0 Å². The fourth-order valence-electron chi connectivity index (χ4n) is 2.05. The number of pyridine rings is 1. The number of carbonyl (C=O) groups is 1. The molecular formula is C13H18N2O2S. The highest BCUT2D eigenvalue weighted by atomic mass is 32.2. The summed E-state index contributed by atoms with van der Waals surface area (Å²) in [6.45, 7) is 1.60. The monoisotopic (exact) mass is 266 g/mol. The molecule has 1 aliphatic rings. The van der Waals surface area contributed by atoms with Crippen molar-refractivity contribution in [3.05, 3.63) is 24.5 Å². The van der Waals surface area contributed by atoms with Crippen molar-refractivity contribution < 1.29 is 9.53 Å². The summed E-state index contributed by atoms with van der Waals surface area (Å²) in [7, 11) is 0. The van der Waals surface area contributed by atoms with E-state index in [2.05, 4.69) is 4.98 Å². The van der Waals surface area contributed by atoms with Crippen LogP contribution >= 0.6 is 11.8 Å². The fraction of sp³-hybridized carbons (Fsp3) is 0.538. The number of likely N-dealkylation sites (tertiary alicyclic amines) is 1. The van der Waals surface area contributed by atoms with E-state index in [1.54, 1.807) is 24.2 Å². The smallest absolute Gasteiger partial charge is 0.232 e. The number of aromatic nitrogens is 1. The van der Waals surface area contributed by atoms with E-state index in [-0.39, 0.29) is 12.0 Å². The molecule has 0 aromatic carbocycles. The van der Waals surface area contributed by atoms with Crippen molar-refractivity contribution in [3.8, 4) is 5.75 Å². The Bertz CT molecular complexity index is 378. The first kappa shape index (κ1) is 13.2. The van der Waals surface area contributed by atoms with Crippen LogP contribution in [0.15, 0.2) is 24.5 Å². The van der Waals surface area contributed by atoms with E-state index in [1.807, 2.05) is 23.3 Å². The Morgan fingerprint density at radius 1 is 1.44 bits per heavy atom. The molecule has 0 saturated carbocycles. The van der Waals surface area contributed by atoms with Crippen LogP contribution in [0.5, 0.6) is 5.75 Å². The highest BCUT2D eigenvalue weighted by Crippen LogP contribution is 2.18. The second-order valence-electron chi connectivity index (χ2n) is 4.31. The molecule has 1 saturated heterocycles. The number of nitrogens with zero attached hydrogens (tertiary/aromatic N) is 2. The van der Waals surface area contributed by atoms with Gasteiger partial charge in [-0.05, 0) is 18.4 Å². The van der Waals surface area contributed by atoms with Gasteiger partial charge in [-0.3, -0.25) is 9.78 Å². The van der Waals surface area contributed by atoms with Crippen molar-refractivity contribution in [2.75, 3.05) is 25.1 Å². The van der Waals surface area contributed by atoms with Gasteiger partial charge < -0.3 is 9.64 Å². The maximum Gasteiger partial charge on any atom is 0.232 e. The molecule has 1 aromatic rings. The Balaban J connectivity index is 1.78. The normalized spacial score (nSPS) is 16.6. The molecule has 0 bridgehead atoms. The molecule has 2 heterocycles. The summed E-state index contributed by atoms with van der Waals surface area (Å²) < 4.78 is 5.86. The van der Waals surface area contributed by atoms with Gasteiger partial charge in [-0.2, -0.15) is 11.8 Å². The number of ether oxygens (including phenoxy) is 1. The molecule has 2 rings (SSSR count). The van der Waals surface area contributed by atoms with Crippen molar-refractivity contribution in [2.24, 2.45) is 0 Å². The van der Waals surface area contributed by atoms with E-state index in [0.717, 1.165) is 31.7 Å². The van der Waals surface area contributed by atoms with E-state index in [1.165, 1.54) is 0 Å². The predicted octanol–water partition coefficient (Wildman–Crippen LogP) is 1.81. The van der Waals surface area contributed by atoms with E-state index in [4.69, 9.17) is 4.74 Å². The van der Waals surface area contributed by atoms with Gasteiger partial charge in [0.1, 0.15) is 11.9 Å². The minimum Gasteiger partial charge on any atom is -0.490 e. The minimum absolute atomic E-state index is 0.214. The van der Waals surface area contributed by atoms with Gasteiger partial charge in [0.05, 0.1) is 5.75 Å². The molecule has 0 N–H and O–H groups in total. The van der Waals surface area contributed by atoms with Crippen LogP contribution < -0.4 is 4.74 Å². The second-order valence-corrected chi connectivity index (χ2v) is 5.18. The fourth-order valence-corrected chi connectivity index (χ4v) is 2.48. The third kappa shape index (κ3) is 3.63. The summed E-state index contributed by atoms with van der Waals surface area (Å²) in [6.07, 6.45) is 7.44. The average molecular weight is 266 g/mol. The lowest BCUT2D eigenvalue weighted by Crippen LogP contribution is -2.42. The third-order valence-corrected chi connectivity index (χ3v) is 3.55. The predicted molar refractivity (Wildman–Crippen MR) is 72.8 cm³/mol. The Morgan fingerprint density at radius 3 is 2.72 bits per heavy atom. The quantitative estimate of drug-likeness (QED) is 0.833. The van der Waals surface area contributed by atoms with Crippen LogP contribution in [0.1, 0.15) is 12.8 Å². The molecule has 0 radical (unpaired) electrons. The first-order chi connectivity index (χ1) is 8.79. The van der Waals surface area contributed by atoms with Crippen LogP contribution in [0.3, 0.4) is 0 Å². The molecule has 4 nitrogen and oxygen atoms in total. The minimum atomic E-state index is 0.214. The maximum absolute atomic E-state index is 11.7. The molecule has 0 unspecified atom stereocenters. The first-order valence-corrected chi connectivity index (χ1v) is 7.52. The highest BCUT2D eigenvalue weighted by molar-refractivity contribution is 7.99. The molecule has 1 aliphatic heterocycles. The lowest BCUT2D eigenvalue weighted by atomic mass is 10.1. The summed E-state index contributed by atoms with van der Waals surface area (Å²) in [6, 6.07) is 3.73. The van der Waals surface area contributed by atoms with Gasteiger partial charge in [-0.1, -0.05) is 0 Å². The first-order valence-electron chi connectivity index (χ1n) is 6.13. The maximum atomic E-state index is 11.7. The van der Waals surface area contributed by atoms with Gasteiger partial charge in [0.25, 0.3) is 0 Å². The van der Waals surface area contributed by atoms with Crippen molar-refractivity contribution in [2.45, 2.75) is 18.9 Å². The van der Waals surface area contributed by atoms with Crippen molar-refractivity contribution in [1.82, 2.24) is 9.88 Å². The molecule has 1 fully saturated rings. The molecule has 0 atom stereocenters. The number of amides is 1. The van der Waals surface area contributed by atoms with Crippen LogP contribution in [0.4, 0.5) is 0 Å². The van der Waals surface area contributed by atoms with E-state index in [9.17, 15) is 4.79 Å². The summed E-state index contributed by atoms with van der Waals surface area (Å²) >= 11 is 1.58. The highest BCUT2D eigenvalue weighted by Gasteiger charge is 2.23. The van der Waals surface area contributed by atoms with Gasteiger partial charge in [0, 0.05) is 38.3 Å². The second kappa shape index (κ2) is 6.64. The van der Waals surface area contributed by atoms with Gasteiger partial charge in [0.15, 0.2) is 0 Å². The Labute approximate surface area is 112 Å². The van der Waals surface area contributed by atoms with Gasteiger partial charge in [-0.25, -0.2) is 0 Å². The molecule has 98 valence electrons. The summed E-state index contributed by atoms with van der Waals surface area (Å²) in [5, 5.41) is 0. The molecule has 1 aromatic heterocycles. The lowest BCUT2D eigenvalue weighted by Gasteiger charge is -2.32.